The van der Waals surface area contributed by atoms with E-state index in [0.29, 0.717) is 5.02 Å². The van der Waals surface area contributed by atoms with E-state index in [4.69, 9.17) is 11.6 Å². The quantitative estimate of drug-likeness (QED) is 0.735. The molecule has 0 saturated carbocycles. The highest BCUT2D eigenvalue weighted by molar-refractivity contribution is 6.31. The fourth-order valence-electron chi connectivity index (χ4n) is 2.87. The number of amides is 1. The molecule has 0 aliphatic carbocycles. The number of aryl methyl sites for hydroxylation is 2. The van der Waals surface area contributed by atoms with Crippen LogP contribution in [-0.2, 0) is 25.4 Å². The molecule has 0 saturated heterocycles. The van der Waals surface area contributed by atoms with E-state index in [-0.39, 0.29) is 23.8 Å². The lowest BCUT2D eigenvalue weighted by molar-refractivity contribution is -0.122. The summed E-state index contributed by atoms with van der Waals surface area (Å²) < 4.78 is 3.68. The monoisotopic (exact) mass is 375 g/mol. The molecule has 0 bridgehead atoms. The number of nitrogens with zero attached hydrogens (tertiary/aromatic N) is 4. The Labute approximate surface area is 153 Å². The number of nitrogens with one attached hydrogen (secondary N) is 1. The molecule has 3 aromatic rings. The fourth-order valence-corrected chi connectivity index (χ4v) is 3.17. The summed E-state index contributed by atoms with van der Waals surface area (Å²) in [5.74, 6) is -0.460. The average Bonchev–Trinajstić information content (AvgIpc) is 2.99. The molecule has 1 amide bonds. The van der Waals surface area contributed by atoms with E-state index >= 15 is 0 Å². The maximum absolute atomic E-state index is 12.6. The zero-order valence-electron chi connectivity index (χ0n) is 14.6. The molecule has 9 heteroatoms. The number of hydrogen-bond acceptors (Lipinski definition) is 4. The van der Waals surface area contributed by atoms with Crippen LogP contribution in [0.15, 0.2) is 40.2 Å². The van der Waals surface area contributed by atoms with Crippen LogP contribution in [0, 0.1) is 0 Å². The van der Waals surface area contributed by atoms with E-state index < -0.39 is 17.2 Å². The molecule has 0 radical (unpaired) electrons. The molecule has 0 aliphatic rings. The van der Waals surface area contributed by atoms with E-state index in [1.54, 1.807) is 32.2 Å². The number of halogens is 1. The fraction of sp³-hybridized carbons (Fsp3) is 0.294. The maximum Gasteiger partial charge on any atom is 0.332 e. The summed E-state index contributed by atoms with van der Waals surface area (Å²) in [5, 5.41) is 3.29. The van der Waals surface area contributed by atoms with Gasteiger partial charge in [-0.1, -0.05) is 29.8 Å². The summed E-state index contributed by atoms with van der Waals surface area (Å²) >= 11 is 6.13. The van der Waals surface area contributed by atoms with Crippen LogP contribution in [0.5, 0.6) is 0 Å². The molecule has 1 N–H and O–H groups in total. The second-order valence-electron chi connectivity index (χ2n) is 6.07. The molecule has 1 atom stereocenters. The summed E-state index contributed by atoms with van der Waals surface area (Å²) in [7, 11) is 3.17. The van der Waals surface area contributed by atoms with Crippen molar-refractivity contribution in [3.63, 3.8) is 0 Å². The first-order valence-corrected chi connectivity index (χ1v) is 8.33. The highest BCUT2D eigenvalue weighted by Gasteiger charge is 2.18. The SMILES string of the molecule is C[C@@H](NC(=O)Cn1c(=O)c2c(ncn2C)n(C)c1=O)c1ccccc1Cl. The molecule has 3 rings (SSSR count). The Hall–Kier alpha value is -2.87. The third kappa shape index (κ3) is 3.03. The van der Waals surface area contributed by atoms with E-state index in [2.05, 4.69) is 10.3 Å². The number of benzene rings is 1. The van der Waals surface area contributed by atoms with Crippen molar-refractivity contribution in [2.75, 3.05) is 0 Å². The van der Waals surface area contributed by atoms with E-state index in [9.17, 15) is 14.4 Å². The van der Waals surface area contributed by atoms with Crippen molar-refractivity contribution in [3.8, 4) is 0 Å². The van der Waals surface area contributed by atoms with E-state index in [1.807, 2.05) is 6.07 Å². The van der Waals surface area contributed by atoms with E-state index in [0.717, 1.165) is 10.1 Å². The van der Waals surface area contributed by atoms with Crippen LogP contribution in [0.1, 0.15) is 18.5 Å². The van der Waals surface area contributed by atoms with Crippen LogP contribution >= 0.6 is 11.6 Å². The molecule has 0 unspecified atom stereocenters. The van der Waals surface area contributed by atoms with E-state index in [1.165, 1.54) is 22.5 Å². The molecule has 2 aromatic heterocycles. The van der Waals surface area contributed by atoms with Crippen LogP contribution < -0.4 is 16.6 Å². The van der Waals surface area contributed by atoms with Gasteiger partial charge in [-0.2, -0.15) is 0 Å². The molecule has 136 valence electrons. The lowest BCUT2D eigenvalue weighted by Gasteiger charge is -2.16. The van der Waals surface area contributed by atoms with Crippen molar-refractivity contribution in [3.05, 3.63) is 62.0 Å². The van der Waals surface area contributed by atoms with Gasteiger partial charge in [0.05, 0.1) is 12.4 Å². The van der Waals surface area contributed by atoms with Crippen molar-refractivity contribution >= 4 is 28.7 Å². The molecule has 8 nitrogen and oxygen atoms in total. The van der Waals surface area contributed by atoms with Gasteiger partial charge in [0.25, 0.3) is 5.56 Å². The van der Waals surface area contributed by atoms with Gasteiger partial charge in [0, 0.05) is 19.1 Å². The Balaban J connectivity index is 1.91. The molecule has 0 aliphatic heterocycles. The van der Waals surface area contributed by atoms with Gasteiger partial charge in [-0.15, -0.1) is 0 Å². The first-order chi connectivity index (χ1) is 12.3. The Morgan fingerprint density at radius 2 is 1.96 bits per heavy atom. The number of carbonyl (C=O) groups excluding carboxylic acids is 1. The van der Waals surface area contributed by atoms with Crippen molar-refractivity contribution in [2.45, 2.75) is 19.5 Å². The van der Waals surface area contributed by atoms with Gasteiger partial charge >= 0.3 is 5.69 Å². The Bertz CT molecular complexity index is 1110. The normalized spacial score (nSPS) is 12.3. The largest absolute Gasteiger partial charge is 0.348 e. The molecule has 2 heterocycles. The number of carbonyl (C=O) groups is 1. The minimum absolute atomic E-state index is 0.263. The second-order valence-corrected chi connectivity index (χ2v) is 6.48. The van der Waals surface area contributed by atoms with Gasteiger partial charge in [-0.05, 0) is 18.6 Å². The number of rotatable bonds is 4. The first kappa shape index (κ1) is 17.9. The predicted octanol–water partition coefficient (Wildman–Crippen LogP) is 0.965. The Morgan fingerprint density at radius 1 is 1.27 bits per heavy atom. The molecule has 0 fully saturated rings. The lowest BCUT2D eigenvalue weighted by Crippen LogP contribution is -2.43. The summed E-state index contributed by atoms with van der Waals surface area (Å²) in [5.41, 5.74) is 0.151. The van der Waals surface area contributed by atoms with Crippen molar-refractivity contribution in [1.82, 2.24) is 24.0 Å². The third-order valence-electron chi connectivity index (χ3n) is 4.25. The zero-order valence-corrected chi connectivity index (χ0v) is 15.3. The Morgan fingerprint density at radius 3 is 2.65 bits per heavy atom. The van der Waals surface area contributed by atoms with Crippen LogP contribution in [0.25, 0.3) is 11.2 Å². The molecular weight excluding hydrogens is 358 g/mol. The highest BCUT2D eigenvalue weighted by atomic mass is 35.5. The molecular formula is C17H18ClN5O3. The molecule has 26 heavy (non-hydrogen) atoms. The highest BCUT2D eigenvalue weighted by Crippen LogP contribution is 2.21. The van der Waals surface area contributed by atoms with Crippen molar-refractivity contribution in [1.29, 1.82) is 0 Å². The number of hydrogen-bond donors (Lipinski definition) is 1. The van der Waals surface area contributed by atoms with Crippen molar-refractivity contribution < 1.29 is 4.79 Å². The number of fused-ring (bicyclic) bond motifs is 1. The summed E-state index contributed by atoms with van der Waals surface area (Å²) in [6, 6.07) is 6.79. The lowest BCUT2D eigenvalue weighted by atomic mass is 10.1. The van der Waals surface area contributed by atoms with Gasteiger partial charge in [0.2, 0.25) is 5.91 Å². The smallest absolute Gasteiger partial charge is 0.332 e. The average molecular weight is 376 g/mol. The van der Waals surface area contributed by atoms with Crippen LogP contribution in [-0.4, -0.2) is 24.6 Å². The van der Waals surface area contributed by atoms with Crippen LogP contribution in [0.4, 0.5) is 0 Å². The van der Waals surface area contributed by atoms with Gasteiger partial charge in [-0.25, -0.2) is 14.3 Å². The van der Waals surface area contributed by atoms with Crippen LogP contribution in [0.2, 0.25) is 5.02 Å². The van der Waals surface area contributed by atoms with Gasteiger partial charge in [-0.3, -0.25) is 14.2 Å². The number of aromatic nitrogens is 4. The van der Waals surface area contributed by atoms with Gasteiger partial charge < -0.3 is 9.88 Å². The third-order valence-corrected chi connectivity index (χ3v) is 4.60. The Kier molecular flexibility index (Phi) is 4.69. The molecule has 1 aromatic carbocycles. The summed E-state index contributed by atoms with van der Waals surface area (Å²) in [6.45, 7) is 1.39. The zero-order chi connectivity index (χ0) is 19.0. The summed E-state index contributed by atoms with van der Waals surface area (Å²) in [6.07, 6.45) is 1.45. The number of imidazole rings is 1. The predicted molar refractivity (Wildman–Crippen MR) is 98.2 cm³/mol. The minimum atomic E-state index is -0.596. The topological polar surface area (TPSA) is 90.9 Å². The van der Waals surface area contributed by atoms with Crippen molar-refractivity contribution in [2.24, 2.45) is 14.1 Å². The first-order valence-electron chi connectivity index (χ1n) is 7.96. The summed E-state index contributed by atoms with van der Waals surface area (Å²) in [4.78, 5) is 41.5. The minimum Gasteiger partial charge on any atom is -0.348 e. The van der Waals surface area contributed by atoms with Gasteiger partial charge in [0.15, 0.2) is 11.2 Å². The van der Waals surface area contributed by atoms with Gasteiger partial charge in [0.1, 0.15) is 6.54 Å². The van der Waals surface area contributed by atoms with Crippen LogP contribution in [0.3, 0.4) is 0 Å². The standard InChI is InChI=1S/C17H18ClN5O3/c1-10(11-6-4-5-7-12(11)18)20-13(24)8-23-16(25)14-15(19-9-21(14)2)22(3)17(23)26/h4-7,9-10H,8H2,1-3H3,(H,20,24)/t10-/m1/s1. The molecule has 0 spiro atoms. The maximum atomic E-state index is 12.6. The second kappa shape index (κ2) is 6.80.